The highest BCUT2D eigenvalue weighted by molar-refractivity contribution is 6.01. The summed E-state index contributed by atoms with van der Waals surface area (Å²) in [4.78, 5) is 19.0. The maximum Gasteiger partial charge on any atom is 0.233 e. The number of likely N-dealkylation sites (N-methyl/N-ethyl adjacent to an activating group) is 1. The molecule has 27 heavy (non-hydrogen) atoms. The summed E-state index contributed by atoms with van der Waals surface area (Å²) in [7, 11) is 2.23. The lowest BCUT2D eigenvalue weighted by Crippen LogP contribution is -2.57. The van der Waals surface area contributed by atoms with E-state index in [0.29, 0.717) is 17.9 Å². The summed E-state index contributed by atoms with van der Waals surface area (Å²) in [5.41, 5.74) is 3.97. The second-order valence-electron chi connectivity index (χ2n) is 10.7. The summed E-state index contributed by atoms with van der Waals surface area (Å²) < 4.78 is 0. The summed E-state index contributed by atoms with van der Waals surface area (Å²) in [6.07, 6.45) is 8.84. The van der Waals surface area contributed by atoms with Crippen molar-refractivity contribution in [1.82, 2.24) is 4.90 Å². The second-order valence-corrected chi connectivity index (χ2v) is 10.7. The Morgan fingerprint density at radius 2 is 1.74 bits per heavy atom. The van der Waals surface area contributed by atoms with Gasteiger partial charge in [-0.25, -0.2) is 0 Å². The fourth-order valence-corrected chi connectivity index (χ4v) is 7.97. The van der Waals surface area contributed by atoms with Crippen molar-refractivity contribution in [2.45, 2.75) is 63.8 Å². The number of piperidine rings is 1. The standard InChI is InChI=1S/C24H32N2O/c1-15-3-4-21-19(7-15)20-14-25(2)6-5-22(20)26(21)23(27)24-11-16-8-17(12-24)10-18(9-16)13-24/h3-4,7,16-18,20,22H,5-6,8-14H2,1-2H3/t16?,17?,18?,20-,22-,24?/m0/s1. The highest BCUT2D eigenvalue weighted by Crippen LogP contribution is 2.61. The highest BCUT2D eigenvalue weighted by Gasteiger charge is 2.58. The van der Waals surface area contributed by atoms with Crippen LogP contribution in [0.15, 0.2) is 18.2 Å². The van der Waals surface area contributed by atoms with Crippen molar-refractivity contribution < 1.29 is 4.79 Å². The fraction of sp³-hybridized carbons (Fsp3) is 0.708. The maximum atomic E-state index is 14.2. The third-order valence-corrected chi connectivity index (χ3v) is 8.66. The number of likely N-dealkylation sites (tertiary alicyclic amines) is 1. The molecule has 0 radical (unpaired) electrons. The molecule has 1 saturated heterocycles. The third-order valence-electron chi connectivity index (χ3n) is 8.66. The zero-order valence-electron chi connectivity index (χ0n) is 16.8. The van der Waals surface area contributed by atoms with Crippen molar-refractivity contribution in [3.63, 3.8) is 0 Å². The topological polar surface area (TPSA) is 23.6 Å². The van der Waals surface area contributed by atoms with Gasteiger partial charge in [-0.1, -0.05) is 17.7 Å². The minimum absolute atomic E-state index is 0.0326. The number of carbonyl (C=O) groups excluding carboxylic acids is 1. The van der Waals surface area contributed by atoms with Gasteiger partial charge in [-0.2, -0.15) is 0 Å². The normalized spacial score (nSPS) is 42.3. The molecule has 1 aromatic rings. The summed E-state index contributed by atoms with van der Waals surface area (Å²) in [5, 5.41) is 0. The number of rotatable bonds is 1. The van der Waals surface area contributed by atoms with Gasteiger partial charge in [-0.05, 0) is 94.8 Å². The van der Waals surface area contributed by atoms with E-state index in [1.807, 2.05) is 0 Å². The Balaban J connectivity index is 1.41. The first kappa shape index (κ1) is 16.6. The molecule has 4 saturated carbocycles. The SMILES string of the molecule is Cc1ccc2c(c1)[C@@H]1CN(C)CC[C@@H]1N2C(=O)C12CC3CC(CC(C3)C1)C2. The van der Waals surface area contributed by atoms with E-state index in [-0.39, 0.29) is 5.41 Å². The van der Waals surface area contributed by atoms with E-state index < -0.39 is 0 Å². The van der Waals surface area contributed by atoms with E-state index >= 15 is 0 Å². The molecule has 0 aromatic heterocycles. The number of carbonyl (C=O) groups is 1. The predicted molar refractivity (Wildman–Crippen MR) is 108 cm³/mol. The Kier molecular flexibility index (Phi) is 3.44. The van der Waals surface area contributed by atoms with Crippen LogP contribution in [0.2, 0.25) is 0 Å². The predicted octanol–water partition coefficient (Wildman–Crippen LogP) is 4.35. The Labute approximate surface area is 163 Å². The van der Waals surface area contributed by atoms with Crippen molar-refractivity contribution in [2.75, 3.05) is 25.0 Å². The van der Waals surface area contributed by atoms with Crippen LogP contribution in [-0.2, 0) is 4.79 Å². The smallest absolute Gasteiger partial charge is 0.233 e. The molecule has 2 aliphatic heterocycles. The molecule has 2 atom stereocenters. The molecule has 0 N–H and O–H groups in total. The van der Waals surface area contributed by atoms with Crippen LogP contribution in [-0.4, -0.2) is 37.0 Å². The van der Waals surface area contributed by atoms with Gasteiger partial charge in [0.15, 0.2) is 0 Å². The van der Waals surface area contributed by atoms with Gasteiger partial charge < -0.3 is 9.80 Å². The van der Waals surface area contributed by atoms with Crippen LogP contribution in [0.1, 0.15) is 62.0 Å². The Morgan fingerprint density at radius 3 is 2.41 bits per heavy atom. The molecule has 2 heterocycles. The number of hydrogen-bond acceptors (Lipinski definition) is 2. The molecule has 3 heteroatoms. The van der Waals surface area contributed by atoms with Gasteiger partial charge in [-0.15, -0.1) is 0 Å². The van der Waals surface area contributed by atoms with Gasteiger partial charge in [-0.3, -0.25) is 4.79 Å². The minimum atomic E-state index is -0.0326. The Hall–Kier alpha value is -1.35. The van der Waals surface area contributed by atoms with E-state index in [0.717, 1.165) is 37.3 Å². The maximum absolute atomic E-state index is 14.2. The lowest BCUT2D eigenvalue weighted by Gasteiger charge is -2.57. The van der Waals surface area contributed by atoms with E-state index in [2.05, 4.69) is 42.0 Å². The quantitative estimate of drug-likeness (QED) is 0.740. The van der Waals surface area contributed by atoms with Crippen molar-refractivity contribution >= 4 is 11.6 Å². The highest BCUT2D eigenvalue weighted by atomic mass is 16.2. The van der Waals surface area contributed by atoms with Gasteiger partial charge in [0.05, 0.1) is 5.41 Å². The Bertz CT molecular complexity index is 764. The molecular weight excluding hydrogens is 332 g/mol. The van der Waals surface area contributed by atoms with Crippen LogP contribution >= 0.6 is 0 Å². The van der Waals surface area contributed by atoms with Crippen molar-refractivity contribution in [3.8, 4) is 0 Å². The lowest BCUT2D eigenvalue weighted by atomic mass is 9.49. The number of anilines is 1. The first-order chi connectivity index (χ1) is 13.0. The average Bonchev–Trinajstić information content (AvgIpc) is 2.93. The molecule has 144 valence electrons. The summed E-state index contributed by atoms with van der Waals surface area (Å²) >= 11 is 0. The van der Waals surface area contributed by atoms with E-state index in [4.69, 9.17) is 0 Å². The lowest BCUT2D eigenvalue weighted by molar-refractivity contribution is -0.144. The van der Waals surface area contributed by atoms with Gasteiger partial charge in [0.25, 0.3) is 0 Å². The van der Waals surface area contributed by atoms with Crippen molar-refractivity contribution in [1.29, 1.82) is 0 Å². The van der Waals surface area contributed by atoms with E-state index in [1.165, 1.54) is 55.3 Å². The largest absolute Gasteiger partial charge is 0.308 e. The number of hydrogen-bond donors (Lipinski definition) is 0. The van der Waals surface area contributed by atoms with Gasteiger partial charge in [0, 0.05) is 24.2 Å². The van der Waals surface area contributed by atoms with Crippen LogP contribution in [0.25, 0.3) is 0 Å². The monoisotopic (exact) mass is 364 g/mol. The Morgan fingerprint density at radius 1 is 1.07 bits per heavy atom. The third kappa shape index (κ3) is 2.33. The molecule has 6 aliphatic rings. The number of aryl methyl sites for hydroxylation is 1. The van der Waals surface area contributed by atoms with Crippen molar-refractivity contribution in [2.24, 2.45) is 23.2 Å². The molecule has 5 fully saturated rings. The van der Waals surface area contributed by atoms with Crippen LogP contribution in [0.4, 0.5) is 5.69 Å². The molecule has 4 aliphatic carbocycles. The zero-order valence-corrected chi connectivity index (χ0v) is 16.8. The van der Waals surface area contributed by atoms with E-state index in [9.17, 15) is 4.79 Å². The fourth-order valence-electron chi connectivity index (χ4n) is 7.97. The average molecular weight is 365 g/mol. The van der Waals surface area contributed by atoms with Gasteiger partial charge >= 0.3 is 0 Å². The molecule has 1 amide bonds. The van der Waals surface area contributed by atoms with Gasteiger partial charge in [0.1, 0.15) is 0 Å². The minimum Gasteiger partial charge on any atom is -0.308 e. The van der Waals surface area contributed by atoms with Gasteiger partial charge in [0.2, 0.25) is 5.91 Å². The van der Waals surface area contributed by atoms with E-state index in [1.54, 1.807) is 0 Å². The van der Waals surface area contributed by atoms with Crippen molar-refractivity contribution in [3.05, 3.63) is 29.3 Å². The summed E-state index contributed by atoms with van der Waals surface area (Å²) in [5.74, 6) is 3.48. The number of benzene rings is 1. The van der Waals surface area contributed by atoms with Crippen LogP contribution in [0, 0.1) is 30.1 Å². The summed E-state index contributed by atoms with van der Waals surface area (Å²) in [6.45, 7) is 4.38. The summed E-state index contributed by atoms with van der Waals surface area (Å²) in [6, 6.07) is 7.21. The van der Waals surface area contributed by atoms with Crippen LogP contribution in [0.5, 0.6) is 0 Å². The first-order valence-corrected chi connectivity index (χ1v) is 11.2. The molecule has 7 rings (SSSR count). The first-order valence-electron chi connectivity index (χ1n) is 11.2. The number of fused-ring (bicyclic) bond motifs is 3. The van der Waals surface area contributed by atoms with Crippen LogP contribution < -0.4 is 4.90 Å². The van der Waals surface area contributed by atoms with Crippen LogP contribution in [0.3, 0.4) is 0 Å². The molecule has 3 nitrogen and oxygen atoms in total. The number of nitrogens with zero attached hydrogens (tertiary/aromatic N) is 2. The molecular formula is C24H32N2O. The number of amides is 1. The zero-order chi connectivity index (χ0) is 18.3. The molecule has 0 spiro atoms. The second kappa shape index (κ2) is 5.59. The molecule has 0 unspecified atom stereocenters. The molecule has 4 bridgehead atoms. The molecule has 1 aromatic carbocycles.